The molecule has 1 aromatic carbocycles. The highest BCUT2D eigenvalue weighted by molar-refractivity contribution is 5.68. The lowest BCUT2D eigenvalue weighted by Gasteiger charge is -2.14. The summed E-state index contributed by atoms with van der Waals surface area (Å²) in [7, 11) is 1.63. The molecule has 0 fully saturated rings. The largest absolute Gasteiger partial charge is 0.497 e. The van der Waals surface area contributed by atoms with E-state index in [-0.39, 0.29) is 12.3 Å². The fourth-order valence-corrected chi connectivity index (χ4v) is 2.15. The predicted octanol–water partition coefficient (Wildman–Crippen LogP) is 2.82. The van der Waals surface area contributed by atoms with Gasteiger partial charge in [-0.2, -0.15) is 0 Å². The highest BCUT2D eigenvalue weighted by Gasteiger charge is 2.17. The van der Waals surface area contributed by atoms with Gasteiger partial charge < -0.3 is 14.8 Å². The third kappa shape index (κ3) is 3.61. The van der Waals surface area contributed by atoms with Crippen LogP contribution in [0.4, 0.5) is 0 Å². The molecule has 0 bridgehead atoms. The standard InChI is InChI=1S/C15H17NO3/c1-19-13-6-4-11(5-7-13)9-12(10-15(17)18)14-3-2-8-16-14/h2-8,12,16H,9-10H2,1H3,(H,17,18). The van der Waals surface area contributed by atoms with Crippen LogP contribution in [0.2, 0.25) is 0 Å². The topological polar surface area (TPSA) is 62.3 Å². The van der Waals surface area contributed by atoms with Gasteiger partial charge in [-0.25, -0.2) is 0 Å². The fraction of sp³-hybridized carbons (Fsp3) is 0.267. The van der Waals surface area contributed by atoms with Crippen LogP contribution in [0.3, 0.4) is 0 Å². The Labute approximate surface area is 112 Å². The van der Waals surface area contributed by atoms with Crippen molar-refractivity contribution >= 4 is 5.97 Å². The predicted molar refractivity (Wildman–Crippen MR) is 72.5 cm³/mol. The average molecular weight is 259 g/mol. The molecule has 0 saturated carbocycles. The van der Waals surface area contributed by atoms with Crippen LogP contribution >= 0.6 is 0 Å². The maximum Gasteiger partial charge on any atom is 0.304 e. The van der Waals surface area contributed by atoms with Crippen LogP contribution in [0, 0.1) is 0 Å². The van der Waals surface area contributed by atoms with E-state index in [9.17, 15) is 4.79 Å². The van der Waals surface area contributed by atoms with Crippen molar-refractivity contribution in [2.75, 3.05) is 7.11 Å². The van der Waals surface area contributed by atoms with Crippen LogP contribution in [0.1, 0.15) is 23.6 Å². The number of nitrogens with one attached hydrogen (secondary N) is 1. The van der Waals surface area contributed by atoms with Gasteiger partial charge in [-0.15, -0.1) is 0 Å². The van der Waals surface area contributed by atoms with E-state index in [1.54, 1.807) is 7.11 Å². The lowest BCUT2D eigenvalue weighted by atomic mass is 9.93. The van der Waals surface area contributed by atoms with Crippen LogP contribution in [-0.4, -0.2) is 23.2 Å². The summed E-state index contributed by atoms with van der Waals surface area (Å²) in [5.74, 6) is -0.0209. The lowest BCUT2D eigenvalue weighted by Crippen LogP contribution is -2.09. The van der Waals surface area contributed by atoms with Crippen LogP contribution in [0.5, 0.6) is 5.75 Å². The number of hydrogen-bond acceptors (Lipinski definition) is 2. The highest BCUT2D eigenvalue weighted by atomic mass is 16.5. The van der Waals surface area contributed by atoms with Gasteiger partial charge in [0.1, 0.15) is 5.75 Å². The molecule has 0 aliphatic carbocycles. The highest BCUT2D eigenvalue weighted by Crippen LogP contribution is 2.24. The van der Waals surface area contributed by atoms with E-state index in [0.717, 1.165) is 17.0 Å². The molecule has 100 valence electrons. The van der Waals surface area contributed by atoms with E-state index >= 15 is 0 Å². The smallest absolute Gasteiger partial charge is 0.304 e. The van der Waals surface area contributed by atoms with Crippen LogP contribution in [0.15, 0.2) is 42.6 Å². The molecular weight excluding hydrogens is 242 g/mol. The third-order valence-corrected chi connectivity index (χ3v) is 3.12. The molecule has 0 amide bonds. The molecule has 4 heteroatoms. The molecule has 19 heavy (non-hydrogen) atoms. The molecule has 2 N–H and O–H groups in total. The Morgan fingerprint density at radius 2 is 2.05 bits per heavy atom. The van der Waals surface area contributed by atoms with Gasteiger partial charge in [0, 0.05) is 17.8 Å². The van der Waals surface area contributed by atoms with Crippen molar-refractivity contribution in [3.8, 4) is 5.75 Å². The molecule has 1 heterocycles. The summed E-state index contributed by atoms with van der Waals surface area (Å²) in [4.78, 5) is 14.1. The number of carboxylic acid groups (broad SMARTS) is 1. The first-order valence-corrected chi connectivity index (χ1v) is 6.17. The van der Waals surface area contributed by atoms with E-state index in [1.807, 2.05) is 42.6 Å². The number of carbonyl (C=O) groups is 1. The number of aromatic nitrogens is 1. The van der Waals surface area contributed by atoms with Gasteiger partial charge in [0.15, 0.2) is 0 Å². The minimum absolute atomic E-state index is 0.0408. The first-order chi connectivity index (χ1) is 9.19. The third-order valence-electron chi connectivity index (χ3n) is 3.12. The lowest BCUT2D eigenvalue weighted by molar-refractivity contribution is -0.137. The van der Waals surface area contributed by atoms with E-state index in [1.165, 1.54) is 0 Å². The zero-order valence-corrected chi connectivity index (χ0v) is 10.8. The molecular formula is C15H17NO3. The summed E-state index contributed by atoms with van der Waals surface area (Å²) in [6.07, 6.45) is 2.63. The Kier molecular flexibility index (Phi) is 4.23. The number of benzene rings is 1. The summed E-state index contributed by atoms with van der Waals surface area (Å²) in [5, 5.41) is 9.01. The Bertz CT molecular complexity index is 517. The SMILES string of the molecule is COc1ccc(CC(CC(=O)O)c2ccc[nH]2)cc1. The summed E-state index contributed by atoms with van der Waals surface area (Å²) in [6, 6.07) is 11.5. The molecule has 0 spiro atoms. The maximum absolute atomic E-state index is 11.0. The number of carboxylic acids is 1. The molecule has 4 nitrogen and oxygen atoms in total. The summed E-state index contributed by atoms with van der Waals surface area (Å²) >= 11 is 0. The van der Waals surface area contributed by atoms with Crippen molar-refractivity contribution in [2.45, 2.75) is 18.8 Å². The molecule has 1 atom stereocenters. The number of aliphatic carboxylic acids is 1. The fourth-order valence-electron chi connectivity index (χ4n) is 2.15. The van der Waals surface area contributed by atoms with Crippen LogP contribution in [0.25, 0.3) is 0 Å². The monoisotopic (exact) mass is 259 g/mol. The molecule has 0 aliphatic heterocycles. The normalized spacial score (nSPS) is 12.1. The van der Waals surface area contributed by atoms with Gasteiger partial charge in [0.05, 0.1) is 13.5 Å². The number of methoxy groups -OCH3 is 1. The van der Waals surface area contributed by atoms with E-state index < -0.39 is 5.97 Å². The summed E-state index contributed by atoms with van der Waals surface area (Å²) < 4.78 is 5.11. The zero-order valence-electron chi connectivity index (χ0n) is 10.8. The number of H-pyrrole nitrogens is 1. The van der Waals surface area contributed by atoms with Gasteiger partial charge in [-0.05, 0) is 36.2 Å². The van der Waals surface area contributed by atoms with E-state index in [4.69, 9.17) is 9.84 Å². The van der Waals surface area contributed by atoms with Crippen molar-refractivity contribution in [3.05, 3.63) is 53.9 Å². The first kappa shape index (κ1) is 13.2. The molecule has 0 radical (unpaired) electrons. The van der Waals surface area contributed by atoms with Gasteiger partial charge in [0.2, 0.25) is 0 Å². The number of ether oxygens (including phenoxy) is 1. The molecule has 0 aliphatic rings. The van der Waals surface area contributed by atoms with Crippen molar-refractivity contribution < 1.29 is 14.6 Å². The Balaban J connectivity index is 2.12. The van der Waals surface area contributed by atoms with Crippen molar-refractivity contribution in [1.29, 1.82) is 0 Å². The zero-order chi connectivity index (χ0) is 13.7. The summed E-state index contributed by atoms with van der Waals surface area (Å²) in [5.41, 5.74) is 2.06. The maximum atomic E-state index is 11.0. The van der Waals surface area contributed by atoms with E-state index in [2.05, 4.69) is 4.98 Å². The van der Waals surface area contributed by atoms with Crippen molar-refractivity contribution in [2.24, 2.45) is 0 Å². The van der Waals surface area contributed by atoms with Gasteiger partial charge in [-0.1, -0.05) is 12.1 Å². The van der Waals surface area contributed by atoms with E-state index in [0.29, 0.717) is 6.42 Å². The van der Waals surface area contributed by atoms with Gasteiger partial charge in [0.25, 0.3) is 0 Å². The molecule has 1 unspecified atom stereocenters. The number of rotatable bonds is 6. The first-order valence-electron chi connectivity index (χ1n) is 6.17. The second-order valence-corrected chi connectivity index (χ2v) is 4.47. The quantitative estimate of drug-likeness (QED) is 0.838. The molecule has 2 rings (SSSR count). The Hall–Kier alpha value is -2.23. The number of hydrogen-bond donors (Lipinski definition) is 2. The van der Waals surface area contributed by atoms with Crippen LogP contribution in [-0.2, 0) is 11.2 Å². The minimum Gasteiger partial charge on any atom is -0.497 e. The average Bonchev–Trinajstić information content (AvgIpc) is 2.92. The Morgan fingerprint density at radius 3 is 2.58 bits per heavy atom. The summed E-state index contributed by atoms with van der Waals surface area (Å²) in [6.45, 7) is 0. The second-order valence-electron chi connectivity index (χ2n) is 4.47. The second kappa shape index (κ2) is 6.09. The molecule has 1 aromatic heterocycles. The van der Waals surface area contributed by atoms with Crippen molar-refractivity contribution in [1.82, 2.24) is 4.98 Å². The molecule has 0 saturated heterocycles. The number of aromatic amines is 1. The van der Waals surface area contributed by atoms with Gasteiger partial charge >= 0.3 is 5.97 Å². The van der Waals surface area contributed by atoms with Crippen LogP contribution < -0.4 is 4.74 Å². The van der Waals surface area contributed by atoms with Gasteiger partial charge in [-0.3, -0.25) is 4.79 Å². The van der Waals surface area contributed by atoms with Crippen molar-refractivity contribution in [3.63, 3.8) is 0 Å². The minimum atomic E-state index is -0.784. The Morgan fingerprint density at radius 1 is 1.32 bits per heavy atom. The molecule has 2 aromatic rings.